The molecule has 0 radical (unpaired) electrons. The number of carbonyl (C=O) groups excluding carboxylic acids is 1. The summed E-state index contributed by atoms with van der Waals surface area (Å²) in [5.74, 6) is 1.25. The fourth-order valence-corrected chi connectivity index (χ4v) is 3.73. The normalized spacial score (nSPS) is 22.8. The Morgan fingerprint density at radius 2 is 1.92 bits per heavy atom. The molecule has 0 bridgehead atoms. The van der Waals surface area contributed by atoms with Crippen molar-refractivity contribution < 1.29 is 23.7 Å². The molecule has 3 aliphatic rings. The Bertz CT molecular complexity index is 920. The van der Waals surface area contributed by atoms with Gasteiger partial charge in [-0.3, -0.25) is 9.79 Å². The third-order valence-electron chi connectivity index (χ3n) is 4.88. The van der Waals surface area contributed by atoms with Crippen LogP contribution in [0.2, 0.25) is 0 Å². The molecule has 0 spiro atoms. The predicted octanol–water partition coefficient (Wildman–Crippen LogP) is 2.81. The second kappa shape index (κ2) is 5.24. The maximum absolute atomic E-state index is 12.4. The number of fused-ring (bicyclic) bond motifs is 3. The van der Waals surface area contributed by atoms with Crippen LogP contribution in [-0.4, -0.2) is 32.2 Å². The highest BCUT2D eigenvalue weighted by Gasteiger charge is 2.45. The first kappa shape index (κ1) is 14.3. The molecule has 1 fully saturated rings. The summed E-state index contributed by atoms with van der Waals surface area (Å²) in [4.78, 5) is 17.1. The zero-order valence-corrected chi connectivity index (χ0v) is 13.5. The highest BCUT2D eigenvalue weighted by molar-refractivity contribution is 6.11. The Kier molecular flexibility index (Phi) is 3.00. The van der Waals surface area contributed by atoms with E-state index in [-0.39, 0.29) is 25.3 Å². The van der Waals surface area contributed by atoms with Gasteiger partial charge in [-0.15, -0.1) is 0 Å². The first-order chi connectivity index (χ1) is 12.2. The number of ether oxygens (including phenoxy) is 4. The van der Waals surface area contributed by atoms with Gasteiger partial charge in [0.2, 0.25) is 6.79 Å². The van der Waals surface area contributed by atoms with Crippen molar-refractivity contribution in [3.05, 3.63) is 47.5 Å². The number of rotatable bonds is 2. The molecule has 0 aliphatic carbocycles. The number of hydrogen-bond acceptors (Lipinski definition) is 6. The summed E-state index contributed by atoms with van der Waals surface area (Å²) in [6, 6.07) is 11.6. The van der Waals surface area contributed by atoms with Crippen LogP contribution in [0, 0.1) is 5.92 Å². The number of nitrogens with zero attached hydrogens (tertiary/aromatic N) is 1. The van der Waals surface area contributed by atoms with E-state index in [9.17, 15) is 4.79 Å². The molecule has 0 N–H and O–H groups in total. The summed E-state index contributed by atoms with van der Waals surface area (Å²) in [5, 5.41) is 0. The monoisotopic (exact) mass is 337 g/mol. The Morgan fingerprint density at radius 3 is 2.76 bits per heavy atom. The molecule has 25 heavy (non-hydrogen) atoms. The number of carbonyl (C=O) groups is 1. The van der Waals surface area contributed by atoms with Crippen molar-refractivity contribution in [2.24, 2.45) is 10.9 Å². The molecule has 6 heteroatoms. The molecular weight excluding hydrogens is 322 g/mol. The summed E-state index contributed by atoms with van der Waals surface area (Å²) >= 11 is 0. The van der Waals surface area contributed by atoms with Crippen LogP contribution in [0.4, 0.5) is 5.69 Å². The largest absolute Gasteiger partial charge is 0.497 e. The topological polar surface area (TPSA) is 66.4 Å². The van der Waals surface area contributed by atoms with E-state index in [1.165, 1.54) is 0 Å². The number of aliphatic imine (C=N–C) groups is 1. The molecule has 126 valence electrons. The molecule has 0 aromatic heterocycles. The highest BCUT2D eigenvalue weighted by Crippen LogP contribution is 2.49. The molecule has 2 aromatic rings. The number of esters is 1. The molecule has 2 unspecified atom stereocenters. The average Bonchev–Trinajstić information content (AvgIpc) is 3.24. The highest BCUT2D eigenvalue weighted by atomic mass is 16.7. The zero-order chi connectivity index (χ0) is 17.0. The number of cyclic esters (lactones) is 1. The second-order valence-electron chi connectivity index (χ2n) is 6.21. The van der Waals surface area contributed by atoms with Crippen LogP contribution >= 0.6 is 0 Å². The van der Waals surface area contributed by atoms with E-state index >= 15 is 0 Å². The Hall–Kier alpha value is -3.02. The van der Waals surface area contributed by atoms with Gasteiger partial charge in [-0.1, -0.05) is 12.1 Å². The van der Waals surface area contributed by atoms with E-state index < -0.39 is 5.92 Å². The number of benzene rings is 2. The van der Waals surface area contributed by atoms with Gasteiger partial charge in [-0.05, 0) is 29.3 Å². The van der Waals surface area contributed by atoms with Crippen LogP contribution in [0.15, 0.2) is 41.4 Å². The second-order valence-corrected chi connectivity index (χ2v) is 6.21. The lowest BCUT2D eigenvalue weighted by molar-refractivity contribution is -0.141. The minimum Gasteiger partial charge on any atom is -0.497 e. The quantitative estimate of drug-likeness (QED) is 0.789. The van der Waals surface area contributed by atoms with Crippen molar-refractivity contribution >= 4 is 17.4 Å². The molecule has 2 atom stereocenters. The first-order valence-corrected chi connectivity index (χ1v) is 8.06. The van der Waals surface area contributed by atoms with Gasteiger partial charge in [-0.25, -0.2) is 0 Å². The van der Waals surface area contributed by atoms with Crippen LogP contribution in [0.3, 0.4) is 0 Å². The molecule has 3 aliphatic heterocycles. The van der Waals surface area contributed by atoms with Gasteiger partial charge < -0.3 is 18.9 Å². The Labute approximate surface area is 144 Å². The van der Waals surface area contributed by atoms with Crippen LogP contribution in [-0.2, 0) is 9.53 Å². The van der Waals surface area contributed by atoms with E-state index in [0.29, 0.717) is 11.5 Å². The van der Waals surface area contributed by atoms with E-state index in [2.05, 4.69) is 4.99 Å². The van der Waals surface area contributed by atoms with E-state index in [4.69, 9.17) is 18.9 Å². The minimum absolute atomic E-state index is 0.193. The first-order valence-electron chi connectivity index (χ1n) is 8.06. The van der Waals surface area contributed by atoms with Gasteiger partial charge in [0, 0.05) is 12.0 Å². The standard InChI is InChI=1S/C19H15NO5/c1-22-11-4-2-3-10(5-11)17-12-6-15-16(25-9-24-15)7-13(12)20-14-8-23-19(21)18(14)17/h2-7,17-18H,8-9H2,1H3. The third-order valence-corrected chi connectivity index (χ3v) is 4.88. The lowest BCUT2D eigenvalue weighted by Crippen LogP contribution is -2.27. The van der Waals surface area contributed by atoms with Crippen molar-refractivity contribution in [1.82, 2.24) is 0 Å². The minimum atomic E-state index is -0.417. The number of hydrogen-bond donors (Lipinski definition) is 0. The van der Waals surface area contributed by atoms with Crippen molar-refractivity contribution in [3.8, 4) is 17.2 Å². The molecule has 0 amide bonds. The Balaban J connectivity index is 1.72. The maximum atomic E-state index is 12.4. The lowest BCUT2D eigenvalue weighted by Gasteiger charge is -2.28. The summed E-state index contributed by atoms with van der Waals surface area (Å²) in [5.41, 5.74) is 3.46. The lowest BCUT2D eigenvalue weighted by atomic mass is 9.76. The van der Waals surface area contributed by atoms with E-state index in [1.807, 2.05) is 36.4 Å². The molecule has 1 saturated heterocycles. The molecule has 2 aromatic carbocycles. The number of methoxy groups -OCH3 is 1. The fourth-order valence-electron chi connectivity index (χ4n) is 3.73. The summed E-state index contributed by atoms with van der Waals surface area (Å²) in [7, 11) is 1.63. The van der Waals surface area contributed by atoms with Gasteiger partial charge in [0.15, 0.2) is 11.5 Å². The zero-order valence-electron chi connectivity index (χ0n) is 13.5. The van der Waals surface area contributed by atoms with Gasteiger partial charge in [-0.2, -0.15) is 0 Å². The molecule has 0 saturated carbocycles. The summed E-state index contributed by atoms with van der Waals surface area (Å²) < 4.78 is 21.6. The van der Waals surface area contributed by atoms with Crippen LogP contribution in [0.25, 0.3) is 0 Å². The fraction of sp³-hybridized carbons (Fsp3) is 0.263. The molecular formula is C19H15NO5. The third kappa shape index (κ3) is 2.10. The van der Waals surface area contributed by atoms with Gasteiger partial charge in [0.05, 0.1) is 18.5 Å². The van der Waals surface area contributed by atoms with Crippen molar-refractivity contribution in [2.45, 2.75) is 5.92 Å². The molecule has 5 rings (SSSR count). The SMILES string of the molecule is COc1cccc(C2c3cc4c(cc3N=C3COC(=O)C32)OCO4)c1. The molecule has 3 heterocycles. The van der Waals surface area contributed by atoms with Crippen LogP contribution in [0.5, 0.6) is 17.2 Å². The van der Waals surface area contributed by atoms with Gasteiger partial charge >= 0.3 is 5.97 Å². The van der Waals surface area contributed by atoms with Crippen molar-refractivity contribution in [1.29, 1.82) is 0 Å². The van der Waals surface area contributed by atoms with E-state index in [0.717, 1.165) is 28.3 Å². The van der Waals surface area contributed by atoms with E-state index in [1.54, 1.807) is 7.11 Å². The average molecular weight is 337 g/mol. The van der Waals surface area contributed by atoms with Gasteiger partial charge in [0.25, 0.3) is 0 Å². The predicted molar refractivity (Wildman–Crippen MR) is 88.9 cm³/mol. The summed E-state index contributed by atoms with van der Waals surface area (Å²) in [6.07, 6.45) is 0. The summed E-state index contributed by atoms with van der Waals surface area (Å²) in [6.45, 7) is 0.432. The Morgan fingerprint density at radius 1 is 1.08 bits per heavy atom. The van der Waals surface area contributed by atoms with Crippen LogP contribution < -0.4 is 14.2 Å². The van der Waals surface area contributed by atoms with Crippen molar-refractivity contribution in [2.75, 3.05) is 20.5 Å². The van der Waals surface area contributed by atoms with Gasteiger partial charge in [0.1, 0.15) is 18.3 Å². The maximum Gasteiger partial charge on any atom is 0.316 e. The van der Waals surface area contributed by atoms with Crippen LogP contribution in [0.1, 0.15) is 17.0 Å². The van der Waals surface area contributed by atoms with Crippen molar-refractivity contribution in [3.63, 3.8) is 0 Å². The molecule has 6 nitrogen and oxygen atoms in total. The smallest absolute Gasteiger partial charge is 0.316 e.